The van der Waals surface area contributed by atoms with Crippen LogP contribution in [0.1, 0.15) is 59.8 Å². The van der Waals surface area contributed by atoms with E-state index < -0.39 is 29.1 Å². The molecule has 3 heterocycles. The Kier molecular flexibility index (Phi) is 8.14. The molecule has 2 bridgehead atoms. The number of benzene rings is 1. The van der Waals surface area contributed by atoms with E-state index in [1.807, 2.05) is 38.1 Å². The van der Waals surface area contributed by atoms with Crippen LogP contribution in [0, 0.1) is 11.8 Å². The molecule has 0 aliphatic carbocycles. The van der Waals surface area contributed by atoms with E-state index in [4.69, 9.17) is 4.74 Å². The van der Waals surface area contributed by atoms with Gasteiger partial charge in [-0.2, -0.15) is 0 Å². The van der Waals surface area contributed by atoms with Crippen LogP contribution in [0.3, 0.4) is 0 Å². The summed E-state index contributed by atoms with van der Waals surface area (Å²) in [5, 5.41) is 15.5. The third-order valence-corrected chi connectivity index (χ3v) is 8.58. The molecule has 3 saturated heterocycles. The number of fused-ring (bicyclic) bond motifs is 1. The number of aliphatic hydroxyl groups is 1. The molecule has 9 nitrogen and oxygen atoms in total. The predicted molar refractivity (Wildman–Crippen MR) is 142 cm³/mol. The third kappa shape index (κ3) is 4.50. The molecule has 3 fully saturated rings. The molecular formula is C28H42N4O5. The molecule has 3 amide bonds. The summed E-state index contributed by atoms with van der Waals surface area (Å²) in [5.74, 6) is -2.05. The molecule has 9 heteroatoms. The van der Waals surface area contributed by atoms with Crippen molar-refractivity contribution < 1.29 is 24.2 Å². The summed E-state index contributed by atoms with van der Waals surface area (Å²) in [7, 11) is 0. The predicted octanol–water partition coefficient (Wildman–Crippen LogP) is 2.53. The number of nitrogens with zero attached hydrogens (tertiary/aromatic N) is 2. The van der Waals surface area contributed by atoms with E-state index in [1.165, 1.54) is 0 Å². The highest BCUT2D eigenvalue weighted by molar-refractivity contribution is 6.03. The Morgan fingerprint density at radius 2 is 1.81 bits per heavy atom. The Bertz CT molecular complexity index is 997. The van der Waals surface area contributed by atoms with Crippen molar-refractivity contribution in [1.82, 2.24) is 10.2 Å². The molecule has 37 heavy (non-hydrogen) atoms. The minimum atomic E-state index is -1.05. The zero-order chi connectivity index (χ0) is 26.8. The van der Waals surface area contributed by atoms with E-state index in [9.17, 15) is 19.5 Å². The van der Waals surface area contributed by atoms with Crippen LogP contribution in [0.25, 0.3) is 0 Å². The van der Waals surface area contributed by atoms with Gasteiger partial charge in [0.15, 0.2) is 0 Å². The largest absolute Gasteiger partial charge is 0.396 e. The molecule has 1 spiro atoms. The molecule has 0 radical (unpaired) electrons. The number of anilines is 2. The van der Waals surface area contributed by atoms with Gasteiger partial charge in [-0.3, -0.25) is 14.4 Å². The number of rotatable bonds is 12. The third-order valence-electron chi connectivity index (χ3n) is 8.58. The molecule has 0 saturated carbocycles. The lowest BCUT2D eigenvalue weighted by Gasteiger charge is -2.34. The Hall–Kier alpha value is -2.65. The summed E-state index contributed by atoms with van der Waals surface area (Å²) in [4.78, 5) is 44.9. The van der Waals surface area contributed by atoms with Crippen molar-refractivity contribution in [3.05, 3.63) is 24.3 Å². The first-order valence-electron chi connectivity index (χ1n) is 13.9. The van der Waals surface area contributed by atoms with Crippen LogP contribution in [-0.2, 0) is 19.1 Å². The number of nitrogens with one attached hydrogen (secondary N) is 2. The number of hydrogen-bond acceptors (Lipinski definition) is 6. The zero-order valence-electron chi connectivity index (χ0n) is 22.6. The number of carbonyl (C=O) groups is 3. The van der Waals surface area contributed by atoms with E-state index in [0.717, 1.165) is 25.2 Å². The summed E-state index contributed by atoms with van der Waals surface area (Å²) < 4.78 is 6.71. The van der Waals surface area contributed by atoms with Crippen molar-refractivity contribution in [2.75, 3.05) is 43.0 Å². The van der Waals surface area contributed by atoms with Crippen LogP contribution >= 0.6 is 0 Å². The molecule has 5 atom stereocenters. The Morgan fingerprint density at radius 1 is 1.11 bits per heavy atom. The van der Waals surface area contributed by atoms with Gasteiger partial charge in [-0.25, -0.2) is 0 Å². The van der Waals surface area contributed by atoms with E-state index >= 15 is 0 Å². The van der Waals surface area contributed by atoms with Crippen molar-refractivity contribution in [2.45, 2.75) is 77.0 Å². The Morgan fingerprint density at radius 3 is 2.41 bits per heavy atom. The average molecular weight is 515 g/mol. The van der Waals surface area contributed by atoms with Gasteiger partial charge in [0, 0.05) is 44.2 Å². The highest BCUT2D eigenvalue weighted by atomic mass is 16.5. The number of aliphatic hydroxyl groups excluding tert-OH is 1. The minimum absolute atomic E-state index is 0.0945. The topological polar surface area (TPSA) is 111 Å². The van der Waals surface area contributed by atoms with Gasteiger partial charge in [-0.15, -0.1) is 0 Å². The average Bonchev–Trinajstić information content (AvgIpc) is 3.51. The number of carbonyl (C=O) groups excluding carboxylic acids is 3. The van der Waals surface area contributed by atoms with Gasteiger partial charge in [-0.1, -0.05) is 13.8 Å². The summed E-state index contributed by atoms with van der Waals surface area (Å²) in [6.07, 6.45) is 2.92. The molecule has 3 aliphatic rings. The summed E-state index contributed by atoms with van der Waals surface area (Å²) >= 11 is 0. The van der Waals surface area contributed by atoms with Crippen LogP contribution in [0.15, 0.2) is 24.3 Å². The molecule has 4 rings (SSSR count). The number of likely N-dealkylation sites (tertiary alicyclic amines) is 1. The summed E-state index contributed by atoms with van der Waals surface area (Å²) in [6.45, 7) is 10.6. The normalized spacial score (nSPS) is 29.9. The molecule has 3 aliphatic heterocycles. The SMILES string of the molecule is CCCNC(=O)[C@H]1[C@H]2C(=O)N(CCCO)C(C(=O)Nc3ccc(N(CC)CC)cc3)C23CC[C@]1(CC)O3. The molecule has 3 N–H and O–H groups in total. The van der Waals surface area contributed by atoms with Crippen LogP contribution in [0.2, 0.25) is 0 Å². The maximum absolute atomic E-state index is 13.9. The maximum atomic E-state index is 13.9. The van der Waals surface area contributed by atoms with Crippen molar-refractivity contribution in [3.8, 4) is 0 Å². The first-order chi connectivity index (χ1) is 17.8. The van der Waals surface area contributed by atoms with Gasteiger partial charge in [-0.05, 0) is 70.2 Å². The molecule has 1 aromatic carbocycles. The van der Waals surface area contributed by atoms with Crippen molar-refractivity contribution in [1.29, 1.82) is 0 Å². The highest BCUT2D eigenvalue weighted by Crippen LogP contribution is 2.64. The van der Waals surface area contributed by atoms with E-state index in [1.54, 1.807) is 4.90 Å². The maximum Gasteiger partial charge on any atom is 0.250 e. The van der Waals surface area contributed by atoms with Gasteiger partial charge in [0.1, 0.15) is 11.6 Å². The number of hydrogen-bond donors (Lipinski definition) is 3. The van der Waals surface area contributed by atoms with Gasteiger partial charge < -0.3 is 30.3 Å². The first-order valence-corrected chi connectivity index (χ1v) is 13.9. The van der Waals surface area contributed by atoms with E-state index in [2.05, 4.69) is 29.4 Å². The summed E-state index contributed by atoms with van der Waals surface area (Å²) in [5.41, 5.74) is -0.0798. The fraction of sp³-hybridized carbons (Fsp3) is 0.679. The van der Waals surface area contributed by atoms with Crippen LogP contribution in [0.5, 0.6) is 0 Å². The fourth-order valence-electron chi connectivity index (χ4n) is 6.81. The molecule has 0 aromatic heterocycles. The summed E-state index contributed by atoms with van der Waals surface area (Å²) in [6, 6.07) is 6.83. The standard InChI is InChI=1S/C28H42N4O5/c1-5-16-29-24(34)21-22-26(36)32(17-9-18-33)23(28(22)15-14-27(21,6-2)37-28)25(35)30-19-10-12-20(13-11-19)31(7-3)8-4/h10-13,21-23,33H,5-9,14-18H2,1-4H3,(H,29,34)(H,30,35)/t21-,22+,23?,27+,28?/m1/s1. The van der Waals surface area contributed by atoms with Crippen LogP contribution in [0.4, 0.5) is 11.4 Å². The van der Waals surface area contributed by atoms with Crippen molar-refractivity contribution in [2.24, 2.45) is 11.8 Å². The molecule has 204 valence electrons. The van der Waals surface area contributed by atoms with Gasteiger partial charge in [0.25, 0.3) is 0 Å². The molecule has 2 unspecified atom stereocenters. The zero-order valence-corrected chi connectivity index (χ0v) is 22.6. The minimum Gasteiger partial charge on any atom is -0.396 e. The van der Waals surface area contributed by atoms with E-state index in [0.29, 0.717) is 37.9 Å². The van der Waals surface area contributed by atoms with E-state index in [-0.39, 0.29) is 30.9 Å². The second-order valence-electron chi connectivity index (χ2n) is 10.4. The molecule has 1 aromatic rings. The number of ether oxygens (including phenoxy) is 1. The fourth-order valence-corrected chi connectivity index (χ4v) is 6.81. The Balaban J connectivity index is 1.65. The van der Waals surface area contributed by atoms with Crippen LogP contribution in [-0.4, -0.2) is 77.8 Å². The van der Waals surface area contributed by atoms with Gasteiger partial charge >= 0.3 is 0 Å². The van der Waals surface area contributed by atoms with Crippen molar-refractivity contribution >= 4 is 29.1 Å². The van der Waals surface area contributed by atoms with Crippen molar-refractivity contribution in [3.63, 3.8) is 0 Å². The Labute approximate surface area is 219 Å². The smallest absolute Gasteiger partial charge is 0.250 e. The van der Waals surface area contributed by atoms with Gasteiger partial charge in [0.2, 0.25) is 17.7 Å². The second kappa shape index (κ2) is 11.0. The monoisotopic (exact) mass is 514 g/mol. The lowest BCUT2D eigenvalue weighted by atomic mass is 9.65. The molecular weight excluding hydrogens is 472 g/mol. The number of amides is 3. The first kappa shape index (κ1) is 27.4. The lowest BCUT2D eigenvalue weighted by Crippen LogP contribution is -2.53. The van der Waals surface area contributed by atoms with Crippen LogP contribution < -0.4 is 15.5 Å². The quantitative estimate of drug-likeness (QED) is 0.395. The lowest BCUT2D eigenvalue weighted by molar-refractivity contribution is -0.146. The van der Waals surface area contributed by atoms with Gasteiger partial charge in [0.05, 0.1) is 17.4 Å². The highest BCUT2D eigenvalue weighted by Gasteiger charge is 2.78. The second-order valence-corrected chi connectivity index (χ2v) is 10.4.